The van der Waals surface area contributed by atoms with Crippen LogP contribution in [0.4, 0.5) is 0 Å². The minimum absolute atomic E-state index is 0.0963. The first-order chi connectivity index (χ1) is 7.95. The predicted octanol–water partition coefficient (Wildman–Crippen LogP) is 2.12. The Bertz CT molecular complexity index is 199. The molecule has 0 saturated carbocycles. The highest BCUT2D eigenvalue weighted by Crippen LogP contribution is 2.07. The Hall–Kier alpha value is -0.610. The monoisotopic (exact) mass is 245 g/mol. The lowest BCUT2D eigenvalue weighted by atomic mass is 10.2. The number of hydrogen-bond donors (Lipinski definition) is 1. The second-order valence-electron chi connectivity index (χ2n) is 4.96. The van der Waals surface area contributed by atoms with E-state index in [4.69, 9.17) is 9.47 Å². The molecule has 102 valence electrons. The number of carbonyl (C=O) groups excluding carboxylic acids is 1. The molecule has 0 fully saturated rings. The van der Waals surface area contributed by atoms with Crippen molar-refractivity contribution in [3.05, 3.63) is 0 Å². The lowest BCUT2D eigenvalue weighted by Crippen LogP contribution is -2.26. The highest BCUT2D eigenvalue weighted by molar-refractivity contribution is 5.75. The standard InChI is InChI=1S/C13H27NO3/c1-5-16-10-7-9-14-12(15)8-6-11-17-13(2,3)4/h5-11H2,1-4H3,(H,14,15). The summed E-state index contributed by atoms with van der Waals surface area (Å²) in [6, 6.07) is 0. The number of rotatable bonds is 9. The first kappa shape index (κ1) is 16.4. The fourth-order valence-electron chi connectivity index (χ4n) is 1.25. The summed E-state index contributed by atoms with van der Waals surface area (Å²) in [6.07, 6.45) is 2.18. The van der Waals surface area contributed by atoms with Crippen LogP contribution in [0.5, 0.6) is 0 Å². The van der Waals surface area contributed by atoms with Gasteiger partial charge in [0, 0.05) is 32.8 Å². The molecular formula is C13H27NO3. The SMILES string of the molecule is CCOCCCNC(=O)CCCOC(C)(C)C. The minimum atomic E-state index is -0.117. The highest BCUT2D eigenvalue weighted by Gasteiger charge is 2.09. The van der Waals surface area contributed by atoms with Gasteiger partial charge in [0.05, 0.1) is 5.60 Å². The molecule has 0 unspecified atom stereocenters. The maximum atomic E-state index is 11.4. The summed E-state index contributed by atoms with van der Waals surface area (Å²) in [5.74, 6) is 0.0963. The van der Waals surface area contributed by atoms with Gasteiger partial charge in [-0.05, 0) is 40.5 Å². The maximum absolute atomic E-state index is 11.4. The van der Waals surface area contributed by atoms with Gasteiger partial charge in [-0.25, -0.2) is 0 Å². The Morgan fingerprint density at radius 2 is 1.88 bits per heavy atom. The molecule has 1 N–H and O–H groups in total. The van der Waals surface area contributed by atoms with E-state index >= 15 is 0 Å². The first-order valence-electron chi connectivity index (χ1n) is 6.44. The van der Waals surface area contributed by atoms with E-state index in [0.717, 1.165) is 19.4 Å². The van der Waals surface area contributed by atoms with Crippen LogP contribution in [0, 0.1) is 0 Å². The normalized spacial score (nSPS) is 11.5. The zero-order valence-corrected chi connectivity index (χ0v) is 11.7. The number of nitrogens with one attached hydrogen (secondary N) is 1. The van der Waals surface area contributed by atoms with Gasteiger partial charge in [-0.15, -0.1) is 0 Å². The van der Waals surface area contributed by atoms with Crippen molar-refractivity contribution in [2.75, 3.05) is 26.4 Å². The van der Waals surface area contributed by atoms with Crippen LogP contribution in [0.3, 0.4) is 0 Å². The maximum Gasteiger partial charge on any atom is 0.220 e. The Morgan fingerprint density at radius 1 is 1.18 bits per heavy atom. The van der Waals surface area contributed by atoms with E-state index in [1.54, 1.807) is 0 Å². The van der Waals surface area contributed by atoms with Gasteiger partial charge in [-0.1, -0.05) is 0 Å². The predicted molar refractivity (Wildman–Crippen MR) is 69.1 cm³/mol. The van der Waals surface area contributed by atoms with E-state index in [1.807, 2.05) is 27.7 Å². The third-order valence-electron chi connectivity index (χ3n) is 2.07. The van der Waals surface area contributed by atoms with Crippen LogP contribution in [0.15, 0.2) is 0 Å². The molecular weight excluding hydrogens is 218 g/mol. The molecule has 0 spiro atoms. The molecule has 0 atom stereocenters. The van der Waals surface area contributed by atoms with Crippen molar-refractivity contribution >= 4 is 5.91 Å². The molecule has 0 heterocycles. The third-order valence-corrected chi connectivity index (χ3v) is 2.07. The van der Waals surface area contributed by atoms with Crippen LogP contribution in [-0.2, 0) is 14.3 Å². The van der Waals surface area contributed by atoms with Crippen molar-refractivity contribution in [1.29, 1.82) is 0 Å². The zero-order chi connectivity index (χ0) is 13.1. The van der Waals surface area contributed by atoms with Crippen LogP contribution in [0.1, 0.15) is 47.0 Å². The van der Waals surface area contributed by atoms with Gasteiger partial charge in [0.25, 0.3) is 0 Å². The Morgan fingerprint density at radius 3 is 2.47 bits per heavy atom. The molecule has 0 rings (SSSR count). The average molecular weight is 245 g/mol. The van der Waals surface area contributed by atoms with Crippen LogP contribution in [-0.4, -0.2) is 37.9 Å². The molecule has 0 saturated heterocycles. The van der Waals surface area contributed by atoms with Crippen molar-refractivity contribution in [2.24, 2.45) is 0 Å². The summed E-state index contributed by atoms with van der Waals surface area (Å²) in [5.41, 5.74) is -0.117. The van der Waals surface area contributed by atoms with E-state index in [-0.39, 0.29) is 11.5 Å². The van der Waals surface area contributed by atoms with Gasteiger partial charge < -0.3 is 14.8 Å². The van der Waals surface area contributed by atoms with Crippen molar-refractivity contribution in [3.63, 3.8) is 0 Å². The lowest BCUT2D eigenvalue weighted by molar-refractivity contribution is -0.121. The third kappa shape index (κ3) is 13.3. The lowest BCUT2D eigenvalue weighted by Gasteiger charge is -2.19. The Balaban J connectivity index is 3.29. The summed E-state index contributed by atoms with van der Waals surface area (Å²) >= 11 is 0. The molecule has 0 aromatic carbocycles. The zero-order valence-electron chi connectivity index (χ0n) is 11.7. The van der Waals surface area contributed by atoms with Crippen molar-refractivity contribution in [3.8, 4) is 0 Å². The largest absolute Gasteiger partial charge is 0.382 e. The number of hydrogen-bond acceptors (Lipinski definition) is 3. The van der Waals surface area contributed by atoms with Crippen molar-refractivity contribution < 1.29 is 14.3 Å². The van der Waals surface area contributed by atoms with Gasteiger partial charge in [-0.2, -0.15) is 0 Å². The highest BCUT2D eigenvalue weighted by atomic mass is 16.5. The van der Waals surface area contributed by atoms with Crippen molar-refractivity contribution in [1.82, 2.24) is 5.32 Å². The number of amides is 1. The molecule has 0 radical (unpaired) electrons. The fraction of sp³-hybridized carbons (Fsp3) is 0.923. The molecule has 4 heteroatoms. The van der Waals surface area contributed by atoms with E-state index < -0.39 is 0 Å². The number of ether oxygens (including phenoxy) is 2. The summed E-state index contributed by atoms with van der Waals surface area (Å²) < 4.78 is 10.7. The minimum Gasteiger partial charge on any atom is -0.382 e. The molecule has 0 aromatic rings. The summed E-state index contributed by atoms with van der Waals surface area (Å²) in [5, 5.41) is 2.86. The second-order valence-corrected chi connectivity index (χ2v) is 4.96. The van der Waals surface area contributed by atoms with Crippen LogP contribution in [0.2, 0.25) is 0 Å². The smallest absolute Gasteiger partial charge is 0.220 e. The van der Waals surface area contributed by atoms with Gasteiger partial charge in [-0.3, -0.25) is 4.79 Å². The van der Waals surface area contributed by atoms with Crippen LogP contribution in [0.25, 0.3) is 0 Å². The molecule has 0 bridgehead atoms. The Labute approximate surface area is 105 Å². The quantitative estimate of drug-likeness (QED) is 0.633. The summed E-state index contributed by atoms with van der Waals surface area (Å²) in [7, 11) is 0. The van der Waals surface area contributed by atoms with Crippen LogP contribution < -0.4 is 5.32 Å². The van der Waals surface area contributed by atoms with Gasteiger partial charge >= 0.3 is 0 Å². The Kier molecular flexibility index (Phi) is 9.09. The first-order valence-corrected chi connectivity index (χ1v) is 6.44. The van der Waals surface area contributed by atoms with E-state index in [9.17, 15) is 4.79 Å². The van der Waals surface area contributed by atoms with Gasteiger partial charge in [0.15, 0.2) is 0 Å². The second kappa shape index (κ2) is 9.42. The molecule has 0 aliphatic rings. The summed E-state index contributed by atoms with van der Waals surface area (Å²) in [4.78, 5) is 11.4. The van der Waals surface area contributed by atoms with Crippen molar-refractivity contribution in [2.45, 2.75) is 52.6 Å². The van der Waals surface area contributed by atoms with Gasteiger partial charge in [0.2, 0.25) is 5.91 Å². The average Bonchev–Trinajstić information content (AvgIpc) is 2.23. The molecule has 0 aliphatic carbocycles. The summed E-state index contributed by atoms with van der Waals surface area (Å²) in [6.45, 7) is 10.8. The number of carbonyl (C=O) groups is 1. The van der Waals surface area contributed by atoms with E-state index in [1.165, 1.54) is 0 Å². The van der Waals surface area contributed by atoms with E-state index in [2.05, 4.69) is 5.32 Å². The van der Waals surface area contributed by atoms with E-state index in [0.29, 0.717) is 26.2 Å². The molecule has 0 aliphatic heterocycles. The van der Waals surface area contributed by atoms with Gasteiger partial charge in [0.1, 0.15) is 0 Å². The van der Waals surface area contributed by atoms with Crippen LogP contribution >= 0.6 is 0 Å². The molecule has 17 heavy (non-hydrogen) atoms. The molecule has 0 aromatic heterocycles. The molecule has 4 nitrogen and oxygen atoms in total. The molecule has 1 amide bonds. The topological polar surface area (TPSA) is 47.6 Å². The fourth-order valence-corrected chi connectivity index (χ4v) is 1.25.